The monoisotopic (exact) mass is 359 g/mol. The van der Waals surface area contributed by atoms with E-state index in [1.54, 1.807) is 0 Å². The number of rotatable bonds is 4. The van der Waals surface area contributed by atoms with Crippen LogP contribution in [0.5, 0.6) is 0 Å². The second-order valence-electron chi connectivity index (χ2n) is 8.22. The van der Waals surface area contributed by atoms with E-state index in [1.165, 1.54) is 0 Å². The Morgan fingerprint density at radius 2 is 1.85 bits per heavy atom. The summed E-state index contributed by atoms with van der Waals surface area (Å²) >= 11 is 0. The molecule has 0 spiro atoms. The molecule has 2 aromatic heterocycles. The first-order chi connectivity index (χ1) is 12.2. The topological polar surface area (TPSA) is 78.7 Å². The van der Waals surface area contributed by atoms with E-state index >= 15 is 0 Å². The molecule has 3 heterocycles. The quantitative estimate of drug-likeness (QED) is 0.880. The second kappa shape index (κ2) is 7.19. The van der Waals surface area contributed by atoms with Crippen LogP contribution in [0.25, 0.3) is 5.65 Å². The van der Waals surface area contributed by atoms with Crippen molar-refractivity contribution in [3.63, 3.8) is 0 Å². The molecule has 0 atom stereocenters. The zero-order valence-electron chi connectivity index (χ0n) is 16.4. The normalized spacial score (nSPS) is 16.5. The summed E-state index contributed by atoms with van der Waals surface area (Å²) in [5.41, 5.74) is 0.649. The zero-order chi connectivity index (χ0) is 18.9. The van der Waals surface area contributed by atoms with Crippen molar-refractivity contribution in [2.24, 2.45) is 0 Å². The summed E-state index contributed by atoms with van der Waals surface area (Å²) in [7, 11) is 0. The van der Waals surface area contributed by atoms with Crippen LogP contribution in [0, 0.1) is 0 Å². The number of piperazine rings is 1. The highest BCUT2D eigenvalue weighted by Gasteiger charge is 2.24. The van der Waals surface area contributed by atoms with Gasteiger partial charge in [-0.3, -0.25) is 9.69 Å². The fourth-order valence-electron chi connectivity index (χ4n) is 3.12. The molecule has 1 amide bonds. The average molecular weight is 359 g/mol. The Morgan fingerprint density at radius 3 is 2.46 bits per heavy atom. The van der Waals surface area contributed by atoms with E-state index in [1.807, 2.05) is 30.5 Å². The molecule has 3 rings (SSSR count). The third kappa shape index (κ3) is 4.12. The standard InChI is InChI=1S/C18H29N7O/c1-13(2)19-16(26)12-23-8-10-24(11-9-23)15-7-6-14-20-21-17(18(3,4)5)25(14)22-15/h6-7,13H,8-12H2,1-5H3,(H,19,26). The maximum absolute atomic E-state index is 11.9. The fraction of sp³-hybridized carbons (Fsp3) is 0.667. The summed E-state index contributed by atoms with van der Waals surface area (Å²) in [5, 5.41) is 16.2. The van der Waals surface area contributed by atoms with Gasteiger partial charge in [0, 0.05) is 37.6 Å². The van der Waals surface area contributed by atoms with Crippen LogP contribution in [0.15, 0.2) is 12.1 Å². The minimum Gasteiger partial charge on any atom is -0.353 e. The molecule has 8 nitrogen and oxygen atoms in total. The molecule has 26 heavy (non-hydrogen) atoms. The molecule has 142 valence electrons. The van der Waals surface area contributed by atoms with Crippen molar-refractivity contribution >= 4 is 17.4 Å². The molecular weight excluding hydrogens is 330 g/mol. The molecular formula is C18H29N7O. The number of anilines is 1. The van der Waals surface area contributed by atoms with Gasteiger partial charge in [-0.25, -0.2) is 0 Å². The molecule has 0 bridgehead atoms. The summed E-state index contributed by atoms with van der Waals surface area (Å²) < 4.78 is 1.85. The predicted octanol–water partition coefficient (Wildman–Crippen LogP) is 1.07. The molecule has 0 aromatic carbocycles. The van der Waals surface area contributed by atoms with Crippen LogP contribution >= 0.6 is 0 Å². The van der Waals surface area contributed by atoms with Gasteiger partial charge in [0.15, 0.2) is 11.5 Å². The van der Waals surface area contributed by atoms with Gasteiger partial charge in [0.1, 0.15) is 5.82 Å². The van der Waals surface area contributed by atoms with E-state index < -0.39 is 0 Å². The van der Waals surface area contributed by atoms with Crippen molar-refractivity contribution in [1.29, 1.82) is 0 Å². The van der Waals surface area contributed by atoms with Gasteiger partial charge in [-0.15, -0.1) is 15.3 Å². The molecule has 1 N–H and O–H groups in total. The summed E-state index contributed by atoms with van der Waals surface area (Å²) in [6, 6.07) is 4.14. The van der Waals surface area contributed by atoms with Gasteiger partial charge in [0.2, 0.25) is 5.91 Å². The summed E-state index contributed by atoms with van der Waals surface area (Å²) in [5.74, 6) is 1.87. The van der Waals surface area contributed by atoms with Gasteiger partial charge in [-0.2, -0.15) is 4.52 Å². The number of nitrogens with one attached hydrogen (secondary N) is 1. The number of fused-ring (bicyclic) bond motifs is 1. The maximum Gasteiger partial charge on any atom is 0.234 e. The van der Waals surface area contributed by atoms with E-state index in [-0.39, 0.29) is 17.4 Å². The molecule has 8 heteroatoms. The summed E-state index contributed by atoms with van der Waals surface area (Å²) in [4.78, 5) is 16.4. The highest BCUT2D eigenvalue weighted by molar-refractivity contribution is 5.78. The average Bonchev–Trinajstić information content (AvgIpc) is 2.98. The van der Waals surface area contributed by atoms with Crippen LogP contribution < -0.4 is 10.2 Å². The zero-order valence-corrected chi connectivity index (χ0v) is 16.4. The molecule has 2 aromatic rings. The summed E-state index contributed by atoms with van der Waals surface area (Å²) in [6.07, 6.45) is 0. The number of carbonyl (C=O) groups excluding carboxylic acids is 1. The molecule has 0 aliphatic carbocycles. The lowest BCUT2D eigenvalue weighted by atomic mass is 9.96. The molecule has 1 aliphatic rings. The first-order valence-electron chi connectivity index (χ1n) is 9.23. The number of aromatic nitrogens is 4. The lowest BCUT2D eigenvalue weighted by molar-refractivity contribution is -0.122. The SMILES string of the molecule is CC(C)NC(=O)CN1CCN(c2ccc3nnc(C(C)(C)C)n3n2)CC1. The number of hydrogen-bond acceptors (Lipinski definition) is 6. The first-order valence-corrected chi connectivity index (χ1v) is 9.23. The van der Waals surface area contributed by atoms with Crippen LogP contribution in [0.1, 0.15) is 40.4 Å². The lowest BCUT2D eigenvalue weighted by Crippen LogP contribution is -2.50. The van der Waals surface area contributed by atoms with E-state index in [4.69, 9.17) is 5.10 Å². The van der Waals surface area contributed by atoms with Crippen LogP contribution in [0.4, 0.5) is 5.82 Å². The number of hydrogen-bond donors (Lipinski definition) is 1. The minimum atomic E-state index is -0.118. The highest BCUT2D eigenvalue weighted by Crippen LogP contribution is 2.22. The third-order valence-corrected chi connectivity index (χ3v) is 4.43. The minimum absolute atomic E-state index is 0.0901. The van der Waals surface area contributed by atoms with E-state index in [9.17, 15) is 4.79 Å². The van der Waals surface area contributed by atoms with E-state index in [0.717, 1.165) is 43.5 Å². The molecule has 1 aliphatic heterocycles. The van der Waals surface area contributed by atoms with Gasteiger partial charge in [-0.05, 0) is 26.0 Å². The smallest absolute Gasteiger partial charge is 0.234 e. The molecule has 0 radical (unpaired) electrons. The predicted molar refractivity (Wildman–Crippen MR) is 101 cm³/mol. The molecule has 1 saturated heterocycles. The van der Waals surface area contributed by atoms with E-state index in [0.29, 0.717) is 6.54 Å². The Morgan fingerprint density at radius 1 is 1.15 bits per heavy atom. The summed E-state index contributed by atoms with van der Waals surface area (Å²) in [6.45, 7) is 14.1. The lowest BCUT2D eigenvalue weighted by Gasteiger charge is -2.35. The maximum atomic E-state index is 11.9. The second-order valence-corrected chi connectivity index (χ2v) is 8.22. The van der Waals surface area contributed by atoms with Crippen LogP contribution in [0.3, 0.4) is 0 Å². The van der Waals surface area contributed by atoms with Gasteiger partial charge >= 0.3 is 0 Å². The highest BCUT2D eigenvalue weighted by atomic mass is 16.2. The molecule has 0 saturated carbocycles. The number of carbonyl (C=O) groups is 1. The Bertz CT molecular complexity index is 769. The van der Waals surface area contributed by atoms with Gasteiger partial charge in [0.05, 0.1) is 6.54 Å². The fourth-order valence-corrected chi connectivity index (χ4v) is 3.12. The van der Waals surface area contributed by atoms with E-state index in [2.05, 4.69) is 46.1 Å². The number of amides is 1. The number of nitrogens with zero attached hydrogens (tertiary/aromatic N) is 6. The van der Waals surface area contributed by atoms with Crippen LogP contribution in [-0.4, -0.2) is 69.4 Å². The first kappa shape index (κ1) is 18.6. The van der Waals surface area contributed by atoms with Crippen LogP contribution in [-0.2, 0) is 10.2 Å². The van der Waals surface area contributed by atoms with Crippen LogP contribution in [0.2, 0.25) is 0 Å². The van der Waals surface area contributed by atoms with Crippen molar-refractivity contribution in [3.05, 3.63) is 18.0 Å². The Hall–Kier alpha value is -2.22. The van der Waals surface area contributed by atoms with Gasteiger partial charge < -0.3 is 10.2 Å². The van der Waals surface area contributed by atoms with Crippen molar-refractivity contribution in [1.82, 2.24) is 30.0 Å². The van der Waals surface area contributed by atoms with Gasteiger partial charge in [0.25, 0.3) is 0 Å². The Kier molecular flexibility index (Phi) is 5.13. The van der Waals surface area contributed by atoms with Gasteiger partial charge in [-0.1, -0.05) is 20.8 Å². The molecule has 1 fully saturated rings. The van der Waals surface area contributed by atoms with Crippen molar-refractivity contribution < 1.29 is 4.79 Å². The largest absolute Gasteiger partial charge is 0.353 e. The van der Waals surface area contributed by atoms with Crippen molar-refractivity contribution in [2.75, 3.05) is 37.6 Å². The van der Waals surface area contributed by atoms with Crippen molar-refractivity contribution in [3.8, 4) is 0 Å². The Labute approximate surface area is 154 Å². The third-order valence-electron chi connectivity index (χ3n) is 4.43. The molecule has 0 unspecified atom stereocenters. The Balaban J connectivity index is 1.67. The van der Waals surface area contributed by atoms with Crippen molar-refractivity contribution in [2.45, 2.75) is 46.1 Å².